The quantitative estimate of drug-likeness (QED) is 0.424. The Morgan fingerprint density at radius 2 is 1.74 bits per heavy atom. The van der Waals surface area contributed by atoms with Crippen LogP contribution in [0.5, 0.6) is 5.75 Å². The zero-order chi connectivity index (χ0) is 22.7. The highest BCUT2D eigenvalue weighted by molar-refractivity contribution is 6.00. The molecule has 162 valence electrons. The molecule has 0 bridgehead atoms. The summed E-state index contributed by atoms with van der Waals surface area (Å²) in [6.07, 6.45) is 1.44. The summed E-state index contributed by atoms with van der Waals surface area (Å²) in [5.74, 6) is -1.15. The van der Waals surface area contributed by atoms with E-state index in [0.717, 1.165) is 11.8 Å². The molecule has 0 aliphatic heterocycles. The van der Waals surface area contributed by atoms with E-state index in [9.17, 15) is 23.2 Å². The Morgan fingerprint density at radius 3 is 2.35 bits per heavy atom. The summed E-state index contributed by atoms with van der Waals surface area (Å²) in [6, 6.07) is 10.3. The molecule has 0 amide bonds. The van der Waals surface area contributed by atoms with E-state index in [0.29, 0.717) is 16.9 Å². The zero-order valence-corrected chi connectivity index (χ0v) is 17.1. The lowest BCUT2D eigenvalue weighted by atomic mass is 10.1. The summed E-state index contributed by atoms with van der Waals surface area (Å²) < 4.78 is 37.1. The number of aromatic nitrogens is 2. The lowest BCUT2D eigenvalue weighted by Gasteiger charge is -2.11. The first-order valence-electron chi connectivity index (χ1n) is 9.28. The van der Waals surface area contributed by atoms with Crippen molar-refractivity contribution in [3.63, 3.8) is 0 Å². The normalized spacial score (nSPS) is 10.9. The molecule has 0 unspecified atom stereocenters. The van der Waals surface area contributed by atoms with Crippen LogP contribution in [0.1, 0.15) is 32.1 Å². The van der Waals surface area contributed by atoms with Crippen LogP contribution in [0.2, 0.25) is 0 Å². The Labute approximate surface area is 176 Å². The molecule has 2 aromatic heterocycles. The number of carbonyl (C=O) groups is 2. The first-order valence-corrected chi connectivity index (χ1v) is 9.28. The van der Waals surface area contributed by atoms with Gasteiger partial charge < -0.3 is 18.6 Å². The number of Topliss-reactive ketones (excluding diaryl/α,β-unsaturated/α-hetero) is 1. The molecule has 3 aromatic rings. The molecule has 0 aliphatic rings. The maximum Gasteiger partial charge on any atom is 0.387 e. The fourth-order valence-electron chi connectivity index (χ4n) is 3.19. The molecule has 7 nitrogen and oxygen atoms in total. The molecule has 0 saturated heterocycles. The maximum absolute atomic E-state index is 12.6. The molecular formula is C22H20F2N2O5. The Hall–Kier alpha value is -3.75. The standard InChI is InChI=1S/C22H20F2N2O5/c1-13-10-18(14(2)26(13)16-4-6-17(7-5-16)31-22(23)24)19(27)12-30-21(29)15-8-9-25(3)20(28)11-15/h4-11,22H,12H2,1-3H3. The minimum absolute atomic E-state index is 0.0279. The highest BCUT2D eigenvalue weighted by Crippen LogP contribution is 2.24. The third kappa shape index (κ3) is 4.88. The number of carbonyl (C=O) groups excluding carboxylic acids is 2. The van der Waals surface area contributed by atoms with Crippen molar-refractivity contribution in [1.82, 2.24) is 9.13 Å². The molecule has 0 radical (unpaired) electrons. The minimum Gasteiger partial charge on any atom is -0.454 e. The van der Waals surface area contributed by atoms with Gasteiger partial charge in [-0.3, -0.25) is 9.59 Å². The third-order valence-electron chi connectivity index (χ3n) is 4.73. The smallest absolute Gasteiger partial charge is 0.387 e. The van der Waals surface area contributed by atoms with Gasteiger partial charge in [0.1, 0.15) is 5.75 Å². The highest BCUT2D eigenvalue weighted by atomic mass is 19.3. The van der Waals surface area contributed by atoms with Crippen LogP contribution in [0.25, 0.3) is 5.69 Å². The summed E-state index contributed by atoms with van der Waals surface area (Å²) >= 11 is 0. The lowest BCUT2D eigenvalue weighted by molar-refractivity contribution is -0.0498. The molecule has 31 heavy (non-hydrogen) atoms. The summed E-state index contributed by atoms with van der Waals surface area (Å²) in [4.78, 5) is 36.4. The van der Waals surface area contributed by atoms with Crippen LogP contribution in [-0.2, 0) is 11.8 Å². The molecule has 3 rings (SSSR count). The number of ketones is 1. The van der Waals surface area contributed by atoms with Crippen molar-refractivity contribution < 1.29 is 27.8 Å². The van der Waals surface area contributed by atoms with E-state index in [4.69, 9.17) is 4.74 Å². The van der Waals surface area contributed by atoms with Crippen LogP contribution in [0.3, 0.4) is 0 Å². The molecule has 1 aromatic carbocycles. The predicted octanol–water partition coefficient (Wildman–Crippen LogP) is 3.43. The average Bonchev–Trinajstić information content (AvgIpc) is 3.02. The molecule has 0 N–H and O–H groups in total. The van der Waals surface area contributed by atoms with Crippen molar-refractivity contribution in [3.8, 4) is 11.4 Å². The van der Waals surface area contributed by atoms with E-state index in [1.54, 1.807) is 43.7 Å². The van der Waals surface area contributed by atoms with Gasteiger partial charge in [0.05, 0.1) is 5.56 Å². The third-order valence-corrected chi connectivity index (χ3v) is 4.73. The van der Waals surface area contributed by atoms with Gasteiger partial charge in [-0.2, -0.15) is 8.78 Å². The van der Waals surface area contributed by atoms with Crippen molar-refractivity contribution in [2.75, 3.05) is 6.61 Å². The fourth-order valence-corrected chi connectivity index (χ4v) is 3.19. The Kier molecular flexibility index (Phi) is 6.33. The van der Waals surface area contributed by atoms with Crippen molar-refractivity contribution >= 4 is 11.8 Å². The zero-order valence-electron chi connectivity index (χ0n) is 17.1. The summed E-state index contributed by atoms with van der Waals surface area (Å²) in [5.41, 5.74) is 2.06. The number of aryl methyl sites for hydroxylation is 2. The molecular weight excluding hydrogens is 410 g/mol. The van der Waals surface area contributed by atoms with Gasteiger partial charge in [0, 0.05) is 41.9 Å². The van der Waals surface area contributed by atoms with Crippen molar-refractivity contribution in [3.05, 3.63) is 81.5 Å². The first kappa shape index (κ1) is 21.9. The van der Waals surface area contributed by atoms with Crippen LogP contribution in [0, 0.1) is 13.8 Å². The molecule has 0 spiro atoms. The molecule has 0 aliphatic carbocycles. The molecule has 0 fully saturated rings. The SMILES string of the molecule is Cc1cc(C(=O)COC(=O)c2ccn(C)c(=O)c2)c(C)n1-c1ccc(OC(F)F)cc1. The van der Waals surface area contributed by atoms with Gasteiger partial charge in [0.25, 0.3) is 5.56 Å². The van der Waals surface area contributed by atoms with Crippen molar-refractivity contribution in [2.45, 2.75) is 20.5 Å². The number of ether oxygens (including phenoxy) is 2. The van der Waals surface area contributed by atoms with E-state index in [1.165, 1.54) is 29.0 Å². The average molecular weight is 430 g/mol. The fraction of sp³-hybridized carbons (Fsp3) is 0.227. The van der Waals surface area contributed by atoms with Gasteiger partial charge in [-0.15, -0.1) is 0 Å². The number of halogens is 2. The van der Waals surface area contributed by atoms with Gasteiger partial charge in [-0.25, -0.2) is 4.79 Å². The Morgan fingerprint density at radius 1 is 1.06 bits per heavy atom. The Bertz CT molecular complexity index is 1180. The molecule has 2 heterocycles. The van der Waals surface area contributed by atoms with Gasteiger partial charge in [-0.1, -0.05) is 0 Å². The largest absolute Gasteiger partial charge is 0.454 e. The van der Waals surface area contributed by atoms with E-state index in [-0.39, 0.29) is 16.9 Å². The molecule has 0 saturated carbocycles. The van der Waals surface area contributed by atoms with Crippen LogP contribution in [-0.4, -0.2) is 34.1 Å². The number of nitrogens with zero attached hydrogens (tertiary/aromatic N) is 2. The second kappa shape index (κ2) is 8.95. The number of pyridine rings is 1. The van der Waals surface area contributed by atoms with E-state index in [1.807, 2.05) is 0 Å². The first-order chi connectivity index (χ1) is 14.7. The van der Waals surface area contributed by atoms with Crippen LogP contribution in [0.15, 0.2) is 53.5 Å². The highest BCUT2D eigenvalue weighted by Gasteiger charge is 2.19. The number of rotatable bonds is 7. The van der Waals surface area contributed by atoms with E-state index >= 15 is 0 Å². The van der Waals surface area contributed by atoms with E-state index in [2.05, 4.69) is 4.74 Å². The van der Waals surface area contributed by atoms with Gasteiger partial charge >= 0.3 is 12.6 Å². The van der Waals surface area contributed by atoms with Gasteiger partial charge in [-0.05, 0) is 50.2 Å². The summed E-state index contributed by atoms with van der Waals surface area (Å²) in [5, 5.41) is 0. The number of benzene rings is 1. The second-order valence-corrected chi connectivity index (χ2v) is 6.86. The lowest BCUT2D eigenvalue weighted by Crippen LogP contribution is -2.19. The monoisotopic (exact) mass is 430 g/mol. The molecule has 9 heteroatoms. The predicted molar refractivity (Wildman–Crippen MR) is 108 cm³/mol. The number of alkyl halides is 2. The van der Waals surface area contributed by atoms with Crippen LogP contribution >= 0.6 is 0 Å². The topological polar surface area (TPSA) is 79.5 Å². The number of hydrogen-bond donors (Lipinski definition) is 0. The second-order valence-electron chi connectivity index (χ2n) is 6.86. The summed E-state index contributed by atoms with van der Waals surface area (Å²) in [7, 11) is 1.55. The summed E-state index contributed by atoms with van der Waals surface area (Å²) in [6.45, 7) is 0.122. The van der Waals surface area contributed by atoms with E-state index < -0.39 is 25.0 Å². The molecule has 0 atom stereocenters. The number of esters is 1. The minimum atomic E-state index is -2.91. The van der Waals surface area contributed by atoms with Crippen LogP contribution < -0.4 is 10.3 Å². The van der Waals surface area contributed by atoms with Crippen LogP contribution in [0.4, 0.5) is 8.78 Å². The Balaban J connectivity index is 1.74. The van der Waals surface area contributed by atoms with Gasteiger partial charge in [0.15, 0.2) is 6.61 Å². The van der Waals surface area contributed by atoms with Crippen molar-refractivity contribution in [1.29, 1.82) is 0 Å². The van der Waals surface area contributed by atoms with Crippen molar-refractivity contribution in [2.24, 2.45) is 7.05 Å². The maximum atomic E-state index is 12.6. The van der Waals surface area contributed by atoms with Gasteiger partial charge in [0.2, 0.25) is 5.78 Å². The number of hydrogen-bond acceptors (Lipinski definition) is 5.